The predicted molar refractivity (Wildman–Crippen MR) is 210 cm³/mol. The van der Waals surface area contributed by atoms with E-state index in [1.54, 1.807) is 21.3 Å². The van der Waals surface area contributed by atoms with Crippen molar-refractivity contribution in [3.63, 3.8) is 0 Å². The molecule has 4 atom stereocenters. The van der Waals surface area contributed by atoms with Crippen molar-refractivity contribution in [1.82, 2.24) is 25.1 Å². The third-order valence-corrected chi connectivity index (χ3v) is 12.2. The zero-order valence-electron chi connectivity index (χ0n) is 35.2. The van der Waals surface area contributed by atoms with Crippen molar-refractivity contribution in [2.75, 3.05) is 47.5 Å². The fourth-order valence-corrected chi connectivity index (χ4v) is 8.51. The molecule has 4 unspecified atom stereocenters. The minimum absolute atomic E-state index is 0.00340. The summed E-state index contributed by atoms with van der Waals surface area (Å²) in [6.07, 6.45) is 6.69. The topological polar surface area (TPSA) is 225 Å². The number of nitrogens with one attached hydrogen (secondary N) is 1. The number of carbonyl (C=O) groups is 5. The number of hydrazine groups is 2. The van der Waals surface area contributed by atoms with Crippen LogP contribution >= 0.6 is 0 Å². The van der Waals surface area contributed by atoms with Crippen LogP contribution in [0.5, 0.6) is 0 Å². The molecule has 322 valence electrons. The molecule has 4 amide bonds. The fourth-order valence-electron chi connectivity index (χ4n) is 8.51. The quantitative estimate of drug-likeness (QED) is 0.0838. The summed E-state index contributed by atoms with van der Waals surface area (Å²) < 4.78 is 16.9. The van der Waals surface area contributed by atoms with Gasteiger partial charge in [0.05, 0.1) is 49.3 Å². The summed E-state index contributed by atoms with van der Waals surface area (Å²) in [4.78, 5) is 74.6. The maximum Gasteiger partial charge on any atom is 0.348 e. The maximum atomic E-state index is 14.1. The highest BCUT2D eigenvalue weighted by molar-refractivity contribution is 5.93. The molecule has 0 aromatic carbocycles. The molecular weight excluding hydrogens is 724 g/mol. The van der Waals surface area contributed by atoms with Gasteiger partial charge in [0, 0.05) is 46.4 Å². The van der Waals surface area contributed by atoms with Gasteiger partial charge < -0.3 is 34.2 Å². The number of Topliss-reactive ketones (excluding diaryl/α,β-unsaturated/α-hetero) is 1. The molecule has 17 heteroatoms. The van der Waals surface area contributed by atoms with Gasteiger partial charge in [-0.2, -0.15) is 5.90 Å². The molecule has 3 aliphatic rings. The predicted octanol–water partition coefficient (Wildman–Crippen LogP) is 2.25. The highest BCUT2D eigenvalue weighted by Gasteiger charge is 2.43. The summed E-state index contributed by atoms with van der Waals surface area (Å²) in [6.45, 7) is 9.52. The number of nitrogens with two attached hydrogens (primary N) is 3. The summed E-state index contributed by atoms with van der Waals surface area (Å²) in [5, 5.41) is 6.13. The monoisotopic (exact) mass is 797 g/mol. The molecule has 0 bridgehead atoms. The molecule has 17 nitrogen and oxygen atoms in total. The van der Waals surface area contributed by atoms with Gasteiger partial charge in [-0.05, 0) is 83.5 Å². The molecule has 0 aromatic rings. The molecule has 0 heterocycles. The van der Waals surface area contributed by atoms with Gasteiger partial charge in [-0.1, -0.05) is 33.6 Å². The first-order chi connectivity index (χ1) is 26.5. The number of hydrogen-bond acceptors (Lipinski definition) is 13. The van der Waals surface area contributed by atoms with Gasteiger partial charge >= 0.3 is 12.0 Å². The first-order valence-corrected chi connectivity index (χ1v) is 20.4. The zero-order valence-corrected chi connectivity index (χ0v) is 35.2. The Morgan fingerprint density at radius 1 is 0.804 bits per heavy atom. The maximum absolute atomic E-state index is 14.1. The second-order valence-corrected chi connectivity index (χ2v) is 17.0. The second kappa shape index (κ2) is 22.3. The van der Waals surface area contributed by atoms with E-state index in [0.29, 0.717) is 57.4 Å². The lowest BCUT2D eigenvalue weighted by Gasteiger charge is -2.41. The molecule has 3 saturated carbocycles. The van der Waals surface area contributed by atoms with Crippen LogP contribution in [0.2, 0.25) is 0 Å². The Morgan fingerprint density at radius 2 is 1.41 bits per heavy atom. The minimum Gasteiger partial charge on any atom is -0.379 e. The number of ketones is 1. The third kappa shape index (κ3) is 13.0. The minimum atomic E-state index is -0.984. The summed E-state index contributed by atoms with van der Waals surface area (Å²) in [5.74, 6) is 16.1. The molecule has 3 fully saturated rings. The van der Waals surface area contributed by atoms with Crippen LogP contribution in [0.3, 0.4) is 0 Å². The van der Waals surface area contributed by atoms with Crippen LogP contribution in [0.15, 0.2) is 0 Å². The van der Waals surface area contributed by atoms with Crippen LogP contribution in [0.4, 0.5) is 4.79 Å². The Kier molecular flexibility index (Phi) is 18.9. The van der Waals surface area contributed by atoms with E-state index in [4.69, 9.17) is 31.8 Å². The van der Waals surface area contributed by atoms with Crippen LogP contribution < -0.4 is 22.9 Å². The van der Waals surface area contributed by atoms with E-state index in [0.717, 1.165) is 25.7 Å². The highest BCUT2D eigenvalue weighted by atomic mass is 16.7. The molecule has 3 rings (SSSR count). The van der Waals surface area contributed by atoms with Gasteiger partial charge in [0.25, 0.3) is 0 Å². The van der Waals surface area contributed by atoms with Gasteiger partial charge in [0.1, 0.15) is 6.10 Å². The number of amides is 4. The summed E-state index contributed by atoms with van der Waals surface area (Å²) in [6, 6.07) is -0.554. The summed E-state index contributed by atoms with van der Waals surface area (Å²) in [7, 11) is 4.66. The number of hydrogen-bond donors (Lipinski definition) is 4. The molecular formula is C39H72N8O9. The van der Waals surface area contributed by atoms with E-state index in [2.05, 4.69) is 17.1 Å². The van der Waals surface area contributed by atoms with Crippen molar-refractivity contribution in [2.45, 2.75) is 154 Å². The van der Waals surface area contributed by atoms with E-state index in [9.17, 15) is 24.0 Å². The van der Waals surface area contributed by atoms with E-state index < -0.39 is 35.5 Å². The number of rotatable bonds is 19. The van der Waals surface area contributed by atoms with Crippen LogP contribution in [-0.2, 0) is 38.2 Å². The molecule has 3 aliphatic carbocycles. The molecule has 7 N–H and O–H groups in total. The average Bonchev–Trinajstić information content (AvgIpc) is 3.18. The van der Waals surface area contributed by atoms with Crippen molar-refractivity contribution >= 4 is 29.6 Å². The van der Waals surface area contributed by atoms with Crippen LogP contribution in [0.1, 0.15) is 112 Å². The highest BCUT2D eigenvalue weighted by Crippen LogP contribution is 2.32. The number of nitrogens with zero attached hydrogens (tertiary/aromatic N) is 4. The van der Waals surface area contributed by atoms with Crippen LogP contribution in [0, 0.1) is 17.8 Å². The largest absolute Gasteiger partial charge is 0.379 e. The van der Waals surface area contributed by atoms with Gasteiger partial charge in [-0.25, -0.2) is 16.5 Å². The van der Waals surface area contributed by atoms with E-state index in [1.807, 2.05) is 27.7 Å². The Hall–Kier alpha value is -2.93. The first kappa shape index (κ1) is 47.4. The first-order valence-electron chi connectivity index (χ1n) is 20.4. The van der Waals surface area contributed by atoms with Crippen molar-refractivity contribution in [3.05, 3.63) is 0 Å². The molecule has 0 aromatic heterocycles. The van der Waals surface area contributed by atoms with Gasteiger partial charge in [0.2, 0.25) is 11.8 Å². The summed E-state index contributed by atoms with van der Waals surface area (Å²) in [5.41, 5.74) is -0.984. The van der Waals surface area contributed by atoms with E-state index in [-0.39, 0.29) is 73.9 Å². The number of methoxy groups -OCH3 is 3. The van der Waals surface area contributed by atoms with Crippen molar-refractivity contribution in [1.29, 1.82) is 0 Å². The Bertz CT molecular complexity index is 1280. The van der Waals surface area contributed by atoms with Crippen molar-refractivity contribution in [3.8, 4) is 0 Å². The fraction of sp³-hybridized carbons (Fsp3) is 0.872. The van der Waals surface area contributed by atoms with Gasteiger partial charge in [-0.15, -0.1) is 0 Å². The second-order valence-electron chi connectivity index (χ2n) is 17.0. The third-order valence-electron chi connectivity index (χ3n) is 12.2. The van der Waals surface area contributed by atoms with Gasteiger partial charge in [-0.3, -0.25) is 29.2 Å². The van der Waals surface area contributed by atoms with E-state index >= 15 is 0 Å². The van der Waals surface area contributed by atoms with Crippen molar-refractivity contribution in [2.24, 2.45) is 35.3 Å². The van der Waals surface area contributed by atoms with Gasteiger partial charge in [0.15, 0.2) is 5.78 Å². The Balaban J connectivity index is 1.67. The number of carbonyl (C=O) groups excluding carboxylic acids is 5. The molecule has 0 radical (unpaired) electrons. The summed E-state index contributed by atoms with van der Waals surface area (Å²) >= 11 is 0. The molecule has 56 heavy (non-hydrogen) atoms. The van der Waals surface area contributed by atoms with Crippen LogP contribution in [-0.4, -0.2) is 139 Å². The molecule has 0 aliphatic heterocycles. The number of urea groups is 1. The zero-order chi connectivity index (χ0) is 41.7. The molecule has 0 saturated heterocycles. The SMILES string of the molecule is COC1CC(C(=O)N(CCC(=O)ON)CC(=O)N(CCC(C)C)CC(=O)C(C)(C)NC2CCC(N(N)C(=O)N(N)C3CCCCC3C)CC2)CC(OC)C1OC. The van der Waals surface area contributed by atoms with Crippen molar-refractivity contribution < 1.29 is 43.0 Å². The lowest BCUT2D eigenvalue weighted by molar-refractivity contribution is -0.161. The van der Waals surface area contributed by atoms with Crippen LogP contribution in [0.25, 0.3) is 0 Å². The number of ether oxygens (including phenoxy) is 3. The smallest absolute Gasteiger partial charge is 0.348 e. The average molecular weight is 797 g/mol. The Labute approximate surface area is 333 Å². The van der Waals surface area contributed by atoms with E-state index in [1.165, 1.54) is 19.8 Å². The lowest BCUT2D eigenvalue weighted by atomic mass is 9.82. The Morgan fingerprint density at radius 3 is 1.95 bits per heavy atom. The standard InChI is InChI=1S/C39H72N8O9/c1-25(2)17-19-44(34(49)24-45(20-18-35(50)56-42)37(51)27-21-31(53-6)36(55-8)32(22-27)54-7)23-33(48)39(4,5)43-28-13-15-29(16-14-28)46(40)38(52)47(41)30-12-10-9-11-26(30)3/h25-32,36,43H,9-24,40-42H2,1-8H3. The lowest BCUT2D eigenvalue weighted by Crippen LogP contribution is -2.60. The normalized spacial score (nSPS) is 27.0. The molecule has 0 spiro atoms.